The number of hydrogen-bond acceptors (Lipinski definition) is 1. The molecule has 0 heterocycles. The lowest BCUT2D eigenvalue weighted by Crippen LogP contribution is -2.61. The zero-order valence-electron chi connectivity index (χ0n) is 13.7. The summed E-state index contributed by atoms with van der Waals surface area (Å²) in [6.45, 7) is 1.12. The van der Waals surface area contributed by atoms with Gasteiger partial charge in [-0.1, -0.05) is 6.42 Å². The summed E-state index contributed by atoms with van der Waals surface area (Å²) in [6, 6.07) is 0. The fourth-order valence-corrected chi connectivity index (χ4v) is 7.70. The smallest absolute Gasteiger partial charge is 0.166 e. The van der Waals surface area contributed by atoms with E-state index in [1.807, 2.05) is 0 Å². The molecule has 3 atom stereocenters. The predicted molar refractivity (Wildman–Crippen MR) is 93.6 cm³/mol. The van der Waals surface area contributed by atoms with Gasteiger partial charge in [0.25, 0.3) is 0 Å². The maximum absolute atomic E-state index is 5.69. The first kappa shape index (κ1) is 14.1. The second-order valence-corrected chi connectivity index (χ2v) is 9.88. The Labute approximate surface area is 140 Å². The van der Waals surface area contributed by atoms with Crippen LogP contribution >= 0.6 is 12.2 Å². The minimum atomic E-state index is 0.369. The standard InChI is InChI=1S/C19H30N2S/c22-18(20-11-17-7-12-1-2-16(17)6-12)21-19-8-13-3-14(9-19)5-15(4-13)10-19/h12-17H,1-11H2,(H2,20,21,22). The minimum Gasteiger partial charge on any atom is -0.362 e. The molecule has 6 saturated carbocycles. The van der Waals surface area contributed by atoms with Gasteiger partial charge in [0.15, 0.2) is 5.11 Å². The molecule has 3 unspecified atom stereocenters. The summed E-state index contributed by atoms with van der Waals surface area (Å²) in [7, 11) is 0. The van der Waals surface area contributed by atoms with Crippen LogP contribution in [0.3, 0.4) is 0 Å². The van der Waals surface area contributed by atoms with E-state index in [-0.39, 0.29) is 0 Å². The highest BCUT2D eigenvalue weighted by Crippen LogP contribution is 2.55. The summed E-state index contributed by atoms with van der Waals surface area (Å²) in [5.41, 5.74) is 0.369. The fraction of sp³-hybridized carbons (Fsp3) is 0.947. The molecular weight excluding hydrogens is 288 g/mol. The van der Waals surface area contributed by atoms with E-state index < -0.39 is 0 Å². The molecule has 3 heteroatoms. The zero-order valence-corrected chi connectivity index (χ0v) is 14.5. The van der Waals surface area contributed by atoms with Gasteiger partial charge in [-0.05, 0) is 106 Å². The number of nitrogens with one attached hydrogen (secondary N) is 2. The van der Waals surface area contributed by atoms with E-state index in [4.69, 9.17) is 12.2 Å². The van der Waals surface area contributed by atoms with Gasteiger partial charge < -0.3 is 10.6 Å². The highest BCUT2D eigenvalue weighted by atomic mass is 32.1. The van der Waals surface area contributed by atoms with E-state index in [2.05, 4.69) is 10.6 Å². The Morgan fingerprint density at radius 1 is 0.864 bits per heavy atom. The molecule has 0 aliphatic heterocycles. The average molecular weight is 319 g/mol. The molecule has 6 fully saturated rings. The molecule has 6 aliphatic carbocycles. The van der Waals surface area contributed by atoms with E-state index >= 15 is 0 Å². The third-order valence-electron chi connectivity index (χ3n) is 7.83. The van der Waals surface area contributed by atoms with Crippen LogP contribution in [0.25, 0.3) is 0 Å². The Bertz CT molecular complexity index is 439. The van der Waals surface area contributed by atoms with Crippen molar-refractivity contribution in [1.82, 2.24) is 10.6 Å². The summed E-state index contributed by atoms with van der Waals surface area (Å²) in [5.74, 6) is 5.92. The van der Waals surface area contributed by atoms with Crippen LogP contribution in [0.15, 0.2) is 0 Å². The van der Waals surface area contributed by atoms with Crippen molar-refractivity contribution in [3.8, 4) is 0 Å². The van der Waals surface area contributed by atoms with Crippen LogP contribution in [0.2, 0.25) is 0 Å². The van der Waals surface area contributed by atoms with E-state index in [1.165, 1.54) is 64.2 Å². The molecule has 0 aromatic heterocycles. The van der Waals surface area contributed by atoms with Gasteiger partial charge in [0.1, 0.15) is 0 Å². The molecular formula is C19H30N2S. The van der Waals surface area contributed by atoms with Crippen molar-refractivity contribution < 1.29 is 0 Å². The molecule has 22 heavy (non-hydrogen) atoms. The van der Waals surface area contributed by atoms with Gasteiger partial charge in [-0.2, -0.15) is 0 Å². The molecule has 0 spiro atoms. The molecule has 6 aliphatic rings. The van der Waals surface area contributed by atoms with Crippen molar-refractivity contribution in [2.75, 3.05) is 6.54 Å². The largest absolute Gasteiger partial charge is 0.362 e. The number of rotatable bonds is 3. The highest BCUT2D eigenvalue weighted by molar-refractivity contribution is 7.80. The summed E-state index contributed by atoms with van der Waals surface area (Å²) < 4.78 is 0. The van der Waals surface area contributed by atoms with Gasteiger partial charge in [-0.25, -0.2) is 0 Å². The predicted octanol–water partition coefficient (Wildman–Crippen LogP) is 3.86. The Morgan fingerprint density at radius 3 is 2.09 bits per heavy atom. The van der Waals surface area contributed by atoms with E-state index in [0.29, 0.717) is 5.54 Å². The van der Waals surface area contributed by atoms with Crippen LogP contribution in [0.5, 0.6) is 0 Å². The average Bonchev–Trinajstić information content (AvgIpc) is 3.05. The van der Waals surface area contributed by atoms with E-state index in [0.717, 1.165) is 47.2 Å². The molecule has 6 bridgehead atoms. The fourth-order valence-electron chi connectivity index (χ4n) is 7.40. The Morgan fingerprint density at radius 2 is 1.55 bits per heavy atom. The second-order valence-electron chi connectivity index (χ2n) is 9.47. The van der Waals surface area contributed by atoms with Crippen LogP contribution in [0.4, 0.5) is 0 Å². The van der Waals surface area contributed by atoms with Crippen molar-refractivity contribution in [2.45, 2.75) is 69.7 Å². The lowest BCUT2D eigenvalue weighted by Gasteiger charge is -2.57. The molecule has 2 nitrogen and oxygen atoms in total. The van der Waals surface area contributed by atoms with E-state index in [1.54, 1.807) is 0 Å². The van der Waals surface area contributed by atoms with Crippen molar-refractivity contribution >= 4 is 17.3 Å². The molecule has 0 aromatic rings. The molecule has 0 aromatic carbocycles. The SMILES string of the molecule is S=C(NCC1CC2CCC1C2)NC12CC3CC(CC(C3)C1)C2. The Kier molecular flexibility index (Phi) is 3.26. The Hall–Kier alpha value is -0.310. The third-order valence-corrected chi connectivity index (χ3v) is 8.07. The van der Waals surface area contributed by atoms with Crippen molar-refractivity contribution in [2.24, 2.45) is 35.5 Å². The summed E-state index contributed by atoms with van der Waals surface area (Å²) in [5, 5.41) is 8.38. The third kappa shape index (κ3) is 2.39. The van der Waals surface area contributed by atoms with Gasteiger partial charge in [-0.15, -0.1) is 0 Å². The molecule has 122 valence electrons. The van der Waals surface area contributed by atoms with Crippen molar-refractivity contribution in [3.63, 3.8) is 0 Å². The summed E-state index contributed by atoms with van der Waals surface area (Å²) in [6.07, 6.45) is 14.6. The highest BCUT2D eigenvalue weighted by Gasteiger charge is 2.51. The first-order chi connectivity index (χ1) is 10.7. The minimum absolute atomic E-state index is 0.369. The van der Waals surface area contributed by atoms with Gasteiger partial charge >= 0.3 is 0 Å². The second kappa shape index (κ2) is 5.09. The van der Waals surface area contributed by atoms with Crippen molar-refractivity contribution in [1.29, 1.82) is 0 Å². The summed E-state index contributed by atoms with van der Waals surface area (Å²) >= 11 is 5.69. The molecule has 0 amide bonds. The first-order valence-electron chi connectivity index (χ1n) is 9.73. The van der Waals surface area contributed by atoms with Gasteiger partial charge in [-0.3, -0.25) is 0 Å². The van der Waals surface area contributed by atoms with Crippen LogP contribution in [0.1, 0.15) is 64.2 Å². The van der Waals surface area contributed by atoms with E-state index in [9.17, 15) is 0 Å². The number of thiocarbonyl (C=S) groups is 1. The van der Waals surface area contributed by atoms with Crippen LogP contribution in [-0.4, -0.2) is 17.2 Å². The molecule has 2 N–H and O–H groups in total. The maximum Gasteiger partial charge on any atom is 0.166 e. The maximum atomic E-state index is 5.69. The van der Waals surface area contributed by atoms with Gasteiger partial charge in [0, 0.05) is 12.1 Å². The molecule has 6 rings (SSSR count). The number of fused-ring (bicyclic) bond motifs is 2. The molecule has 0 saturated heterocycles. The van der Waals surface area contributed by atoms with Crippen LogP contribution < -0.4 is 10.6 Å². The zero-order chi connectivity index (χ0) is 14.7. The Balaban J connectivity index is 1.17. The summed E-state index contributed by atoms with van der Waals surface area (Å²) in [4.78, 5) is 0. The molecule has 0 radical (unpaired) electrons. The van der Waals surface area contributed by atoms with Gasteiger partial charge in [0.2, 0.25) is 0 Å². The topological polar surface area (TPSA) is 24.1 Å². The lowest BCUT2D eigenvalue weighted by atomic mass is 9.53. The van der Waals surface area contributed by atoms with Crippen LogP contribution in [-0.2, 0) is 0 Å². The van der Waals surface area contributed by atoms with Gasteiger partial charge in [0.05, 0.1) is 0 Å². The monoisotopic (exact) mass is 318 g/mol. The van der Waals surface area contributed by atoms with Crippen molar-refractivity contribution in [3.05, 3.63) is 0 Å². The van der Waals surface area contributed by atoms with Crippen LogP contribution in [0, 0.1) is 35.5 Å². The first-order valence-corrected chi connectivity index (χ1v) is 10.1. The number of hydrogen-bond donors (Lipinski definition) is 2. The normalized spacial score (nSPS) is 51.3. The lowest BCUT2D eigenvalue weighted by molar-refractivity contribution is -0.0102. The quantitative estimate of drug-likeness (QED) is 0.773.